The number of nitrogens with one attached hydrogen (secondary N) is 2. The smallest absolute Gasteiger partial charge is 0.310 e. The number of fused-ring (bicyclic) bond motifs is 4. The number of ether oxygens (including phenoxy) is 3. The van der Waals surface area contributed by atoms with Crippen molar-refractivity contribution in [3.63, 3.8) is 0 Å². The molecule has 10 rings (SSSR count). The summed E-state index contributed by atoms with van der Waals surface area (Å²) in [7, 11) is 1.60. The Bertz CT molecular complexity index is 2660. The minimum absolute atomic E-state index is 0.0836. The van der Waals surface area contributed by atoms with Gasteiger partial charge in [0.2, 0.25) is 23.5 Å². The zero-order valence-electron chi connectivity index (χ0n) is 35.3. The Kier molecular flexibility index (Phi) is 12.7. The minimum atomic E-state index is -0.767. The summed E-state index contributed by atoms with van der Waals surface area (Å²) in [5.41, 5.74) is 7.39. The minimum Gasteiger partial charge on any atom is -0.481 e. The van der Waals surface area contributed by atoms with Crippen LogP contribution in [0.1, 0.15) is 84.4 Å². The van der Waals surface area contributed by atoms with Crippen molar-refractivity contribution in [2.75, 3.05) is 20.2 Å². The summed E-state index contributed by atoms with van der Waals surface area (Å²) in [6.45, 7) is 2.13. The van der Waals surface area contributed by atoms with Gasteiger partial charge in [0, 0.05) is 72.0 Å². The molecular formula is C49H47Cl3N6O6. The molecule has 3 saturated heterocycles. The first kappa shape index (κ1) is 43.8. The average Bonchev–Trinajstić information content (AvgIpc) is 3.92. The van der Waals surface area contributed by atoms with Gasteiger partial charge in [0.15, 0.2) is 0 Å². The zero-order valence-corrected chi connectivity index (χ0v) is 37.5. The molecule has 2 aromatic heterocycles. The molecule has 5 aromatic rings. The highest BCUT2D eigenvalue weighted by Gasteiger charge is 2.49. The SMILES string of the molecule is COc1nc(-c2cccc(-c3cccc4c3CC[C@@H]4Oc3nc(OCc4cc(Cl)cc(C#N)c4)c(CN4CC5(C(=O)O)CCC4CC5)cc3Cl)c2Cl)ccc1CNC[C@@H]1CCC(=O)N1. The van der Waals surface area contributed by atoms with E-state index in [1.54, 1.807) is 25.3 Å². The third-order valence-corrected chi connectivity index (χ3v) is 14.1. The summed E-state index contributed by atoms with van der Waals surface area (Å²) in [5, 5.41) is 27.4. The fourth-order valence-electron chi connectivity index (χ4n) is 9.85. The number of halogens is 3. The molecule has 15 heteroatoms. The number of piperidine rings is 2. The number of benzene rings is 3. The van der Waals surface area contributed by atoms with E-state index >= 15 is 0 Å². The number of pyridine rings is 2. The maximum atomic E-state index is 12.4. The third-order valence-electron chi connectivity index (χ3n) is 13.2. The van der Waals surface area contributed by atoms with Crippen LogP contribution in [0.5, 0.6) is 17.6 Å². The molecule has 2 atom stereocenters. The van der Waals surface area contributed by atoms with Crippen LogP contribution in [0.2, 0.25) is 15.1 Å². The molecule has 4 fully saturated rings. The first-order chi connectivity index (χ1) is 31.0. The molecule has 3 aromatic carbocycles. The second-order valence-electron chi connectivity index (χ2n) is 17.2. The Balaban J connectivity index is 0.964. The second kappa shape index (κ2) is 18.6. The van der Waals surface area contributed by atoms with Crippen molar-refractivity contribution in [3.8, 4) is 46.1 Å². The van der Waals surface area contributed by atoms with E-state index in [2.05, 4.69) is 33.7 Å². The Hall–Kier alpha value is -5.42. The van der Waals surface area contributed by atoms with Gasteiger partial charge in [-0.25, -0.2) is 4.98 Å². The molecule has 2 aliphatic carbocycles. The van der Waals surface area contributed by atoms with E-state index in [4.69, 9.17) is 59.0 Å². The van der Waals surface area contributed by atoms with Crippen molar-refractivity contribution >= 4 is 46.7 Å². The number of aliphatic carboxylic acids is 1. The fraction of sp³-hybridized carbons (Fsp3) is 0.367. The van der Waals surface area contributed by atoms with Crippen LogP contribution in [-0.4, -0.2) is 64.1 Å². The largest absolute Gasteiger partial charge is 0.481 e. The summed E-state index contributed by atoms with van der Waals surface area (Å²) in [6.07, 6.45) is 5.37. The molecule has 12 nitrogen and oxygen atoms in total. The lowest BCUT2D eigenvalue weighted by Gasteiger charge is -2.50. The molecule has 330 valence electrons. The molecule has 3 N–H and O–H groups in total. The van der Waals surface area contributed by atoms with Gasteiger partial charge >= 0.3 is 5.97 Å². The van der Waals surface area contributed by atoms with Crippen LogP contribution in [-0.2, 0) is 35.7 Å². The van der Waals surface area contributed by atoms with Crippen molar-refractivity contribution in [3.05, 3.63) is 121 Å². The summed E-state index contributed by atoms with van der Waals surface area (Å²) in [4.78, 5) is 36.0. The molecule has 2 bridgehead atoms. The Labute approximate surface area is 386 Å². The van der Waals surface area contributed by atoms with Crippen LogP contribution in [0, 0.1) is 16.7 Å². The number of methoxy groups -OCH3 is 1. The van der Waals surface area contributed by atoms with Crippen molar-refractivity contribution in [2.24, 2.45) is 5.41 Å². The van der Waals surface area contributed by atoms with E-state index in [0.717, 1.165) is 59.1 Å². The normalized spacial score (nSPS) is 21.3. The van der Waals surface area contributed by atoms with Crippen LogP contribution in [0.4, 0.5) is 0 Å². The predicted octanol–water partition coefficient (Wildman–Crippen LogP) is 9.49. The lowest BCUT2D eigenvalue weighted by atomic mass is 9.67. The molecule has 5 aliphatic rings. The summed E-state index contributed by atoms with van der Waals surface area (Å²) >= 11 is 20.6. The first-order valence-corrected chi connectivity index (χ1v) is 22.7. The predicted molar refractivity (Wildman–Crippen MR) is 244 cm³/mol. The van der Waals surface area contributed by atoms with Crippen LogP contribution in [0.15, 0.2) is 72.8 Å². The van der Waals surface area contributed by atoms with Gasteiger partial charge in [-0.1, -0.05) is 77.3 Å². The molecule has 3 aliphatic heterocycles. The first-order valence-electron chi connectivity index (χ1n) is 21.6. The second-order valence-corrected chi connectivity index (χ2v) is 18.4. The van der Waals surface area contributed by atoms with E-state index in [0.29, 0.717) is 101 Å². The van der Waals surface area contributed by atoms with Crippen LogP contribution in [0.25, 0.3) is 22.4 Å². The zero-order chi connectivity index (χ0) is 44.5. The summed E-state index contributed by atoms with van der Waals surface area (Å²) in [5.74, 6) is 0.370. The summed E-state index contributed by atoms with van der Waals surface area (Å²) in [6, 6.07) is 25.4. The highest BCUT2D eigenvalue weighted by atomic mass is 35.5. The maximum absolute atomic E-state index is 12.4. The molecule has 0 unspecified atom stereocenters. The van der Waals surface area contributed by atoms with Crippen molar-refractivity contribution in [2.45, 2.75) is 89.3 Å². The standard InChI is InChI=1S/C49H47Cl3N6O6/c1-62-45-30(23-54-24-33-9-13-43(59)55-33)8-11-41(56-45)39-7-3-6-38(44(39)52)35-4-2-5-37-36(35)10-12-42(37)64-47-40(51)21-31(25-58-27-49(48(60)61)16-14-34(58)15-17-49)46(57-47)63-26-29-18-28(22-53)19-32(50)20-29/h2-8,11,18-21,33-34,42,54H,9-10,12-17,23-27H2,1H3,(H,55,59)(H,60,61)/t33-,34?,42-,49?/m0/s1. The lowest BCUT2D eigenvalue weighted by Crippen LogP contribution is -2.56. The molecule has 1 amide bonds. The monoisotopic (exact) mass is 920 g/mol. The molecule has 5 heterocycles. The number of hydrogen-bond acceptors (Lipinski definition) is 10. The lowest BCUT2D eigenvalue weighted by molar-refractivity contribution is -0.160. The fourth-order valence-corrected chi connectivity index (χ4v) is 10.7. The number of nitrogens with zero attached hydrogens (tertiary/aromatic N) is 4. The average molecular weight is 922 g/mol. The van der Waals surface area contributed by atoms with Gasteiger partial charge in [-0.2, -0.15) is 10.2 Å². The molecule has 64 heavy (non-hydrogen) atoms. The number of amides is 1. The number of rotatable bonds is 15. The number of carboxylic acids is 1. The highest BCUT2D eigenvalue weighted by Crippen LogP contribution is 2.47. The van der Waals surface area contributed by atoms with E-state index < -0.39 is 11.4 Å². The van der Waals surface area contributed by atoms with E-state index in [1.165, 1.54) is 0 Å². The number of nitriles is 1. The third kappa shape index (κ3) is 8.97. The number of carbonyl (C=O) groups is 2. The van der Waals surface area contributed by atoms with E-state index in [1.807, 2.05) is 42.5 Å². The van der Waals surface area contributed by atoms with Gasteiger partial charge in [-0.05, 0) is 97.5 Å². The van der Waals surface area contributed by atoms with Crippen LogP contribution < -0.4 is 24.8 Å². The Morgan fingerprint density at radius 1 is 0.938 bits per heavy atom. The van der Waals surface area contributed by atoms with Crippen LogP contribution in [0.3, 0.4) is 0 Å². The quantitative estimate of drug-likeness (QED) is 0.0919. The van der Waals surface area contributed by atoms with Gasteiger partial charge < -0.3 is 30.0 Å². The van der Waals surface area contributed by atoms with E-state index in [9.17, 15) is 20.0 Å². The summed E-state index contributed by atoms with van der Waals surface area (Å²) < 4.78 is 18.8. The van der Waals surface area contributed by atoms with Crippen LogP contribution >= 0.6 is 34.8 Å². The Morgan fingerprint density at radius 3 is 2.50 bits per heavy atom. The Morgan fingerprint density at radius 2 is 1.73 bits per heavy atom. The molecule has 1 saturated carbocycles. The molecular weight excluding hydrogens is 875 g/mol. The maximum Gasteiger partial charge on any atom is 0.310 e. The van der Waals surface area contributed by atoms with Gasteiger partial charge in [0.25, 0.3) is 0 Å². The number of hydrogen-bond donors (Lipinski definition) is 3. The van der Waals surface area contributed by atoms with Gasteiger partial charge in [0.1, 0.15) is 17.7 Å². The number of carboxylic acid groups (broad SMARTS) is 1. The topological polar surface area (TPSA) is 159 Å². The van der Waals surface area contributed by atoms with Gasteiger partial charge in [0.05, 0.1) is 34.9 Å². The highest BCUT2D eigenvalue weighted by molar-refractivity contribution is 6.36. The van der Waals surface area contributed by atoms with Gasteiger partial charge in [-0.15, -0.1) is 0 Å². The number of carbonyl (C=O) groups excluding carboxylic acids is 1. The molecule has 0 spiro atoms. The molecule has 0 radical (unpaired) electrons. The van der Waals surface area contributed by atoms with Gasteiger partial charge in [-0.3, -0.25) is 14.5 Å². The van der Waals surface area contributed by atoms with E-state index in [-0.39, 0.29) is 36.6 Å². The number of aromatic nitrogens is 2. The van der Waals surface area contributed by atoms with Crippen molar-refractivity contribution < 1.29 is 28.9 Å². The van der Waals surface area contributed by atoms with Crippen molar-refractivity contribution in [1.29, 1.82) is 5.26 Å². The van der Waals surface area contributed by atoms with Crippen molar-refractivity contribution in [1.82, 2.24) is 25.5 Å².